The molecule has 1 aliphatic rings. The minimum absolute atomic E-state index is 0.0109. The Morgan fingerprint density at radius 1 is 1.20 bits per heavy atom. The largest absolute Gasteiger partial charge is 0.353 e. The monoisotopic (exact) mass is 344 g/mol. The molecule has 138 valence electrons. The van der Waals surface area contributed by atoms with Crippen LogP contribution < -0.4 is 10.2 Å². The molecule has 1 aromatic rings. The number of hydrogen-bond donors (Lipinski definition) is 1. The van der Waals surface area contributed by atoms with E-state index in [0.717, 1.165) is 24.1 Å². The SMILES string of the molecule is Cc1ccc(N2CC(C(=O)NC(C)CCCC(C)C)CC2=O)cc1C. The average molecular weight is 344 g/mol. The van der Waals surface area contributed by atoms with Crippen molar-refractivity contribution < 1.29 is 9.59 Å². The van der Waals surface area contributed by atoms with Gasteiger partial charge in [0.1, 0.15) is 0 Å². The Labute approximate surface area is 152 Å². The summed E-state index contributed by atoms with van der Waals surface area (Å²) in [5.74, 6) is 0.496. The molecule has 25 heavy (non-hydrogen) atoms. The summed E-state index contributed by atoms with van der Waals surface area (Å²) < 4.78 is 0. The molecule has 1 N–H and O–H groups in total. The lowest BCUT2D eigenvalue weighted by Gasteiger charge is -2.19. The van der Waals surface area contributed by atoms with Crippen LogP contribution in [0.5, 0.6) is 0 Å². The van der Waals surface area contributed by atoms with Crippen molar-refractivity contribution >= 4 is 17.5 Å². The third-order valence-corrected chi connectivity index (χ3v) is 5.11. The van der Waals surface area contributed by atoms with Crippen molar-refractivity contribution in [3.05, 3.63) is 29.3 Å². The minimum atomic E-state index is -0.248. The minimum Gasteiger partial charge on any atom is -0.353 e. The molecule has 4 heteroatoms. The van der Waals surface area contributed by atoms with Crippen molar-refractivity contribution in [2.24, 2.45) is 11.8 Å². The van der Waals surface area contributed by atoms with E-state index in [4.69, 9.17) is 0 Å². The van der Waals surface area contributed by atoms with Crippen LogP contribution in [-0.2, 0) is 9.59 Å². The van der Waals surface area contributed by atoms with Crippen LogP contribution in [0.15, 0.2) is 18.2 Å². The van der Waals surface area contributed by atoms with E-state index in [2.05, 4.69) is 33.0 Å². The van der Waals surface area contributed by atoms with Gasteiger partial charge < -0.3 is 10.2 Å². The maximum absolute atomic E-state index is 12.5. The molecule has 1 aromatic carbocycles. The molecule has 0 aliphatic carbocycles. The highest BCUT2D eigenvalue weighted by molar-refractivity contribution is 6.00. The standard InChI is InChI=1S/C21H32N2O2/c1-14(2)7-6-8-17(5)22-21(25)18-12-20(24)23(13-18)19-10-9-15(3)16(4)11-19/h9-11,14,17-18H,6-8,12-13H2,1-5H3,(H,22,25). The van der Waals surface area contributed by atoms with Crippen molar-refractivity contribution in [2.75, 3.05) is 11.4 Å². The lowest BCUT2D eigenvalue weighted by molar-refractivity contribution is -0.126. The summed E-state index contributed by atoms with van der Waals surface area (Å²) in [6.45, 7) is 11.1. The summed E-state index contributed by atoms with van der Waals surface area (Å²) in [7, 11) is 0. The first-order valence-corrected chi connectivity index (χ1v) is 9.46. The second-order valence-corrected chi connectivity index (χ2v) is 7.91. The first-order chi connectivity index (χ1) is 11.8. The molecule has 0 spiro atoms. The van der Waals surface area contributed by atoms with Gasteiger partial charge in [-0.1, -0.05) is 32.8 Å². The fraction of sp³-hybridized carbons (Fsp3) is 0.619. The molecule has 1 heterocycles. The highest BCUT2D eigenvalue weighted by atomic mass is 16.2. The van der Waals surface area contributed by atoms with Crippen LogP contribution in [-0.4, -0.2) is 24.4 Å². The molecule has 0 saturated carbocycles. The molecule has 1 saturated heterocycles. The summed E-state index contributed by atoms with van der Waals surface area (Å²) >= 11 is 0. The Kier molecular flexibility index (Phi) is 6.63. The highest BCUT2D eigenvalue weighted by Gasteiger charge is 2.35. The van der Waals surface area contributed by atoms with E-state index in [1.807, 2.05) is 25.1 Å². The van der Waals surface area contributed by atoms with Gasteiger partial charge in [0.2, 0.25) is 11.8 Å². The van der Waals surface area contributed by atoms with Crippen molar-refractivity contribution in [3.8, 4) is 0 Å². The van der Waals surface area contributed by atoms with Crippen molar-refractivity contribution in [2.45, 2.75) is 66.3 Å². The Balaban J connectivity index is 1.90. The predicted octanol–water partition coefficient (Wildman–Crippen LogP) is 3.99. The van der Waals surface area contributed by atoms with Crippen LogP contribution >= 0.6 is 0 Å². The first kappa shape index (κ1) is 19.5. The quantitative estimate of drug-likeness (QED) is 0.813. The number of aryl methyl sites for hydroxylation is 2. The zero-order chi connectivity index (χ0) is 18.6. The second kappa shape index (κ2) is 8.50. The fourth-order valence-electron chi connectivity index (χ4n) is 3.29. The van der Waals surface area contributed by atoms with Gasteiger partial charge in [0.25, 0.3) is 0 Å². The van der Waals surface area contributed by atoms with Gasteiger partial charge in [0, 0.05) is 24.7 Å². The molecule has 2 amide bonds. The van der Waals surface area contributed by atoms with E-state index < -0.39 is 0 Å². The molecule has 2 unspecified atom stereocenters. The molecule has 2 rings (SSSR count). The van der Waals surface area contributed by atoms with Gasteiger partial charge in [-0.3, -0.25) is 9.59 Å². The first-order valence-electron chi connectivity index (χ1n) is 9.46. The molecule has 1 fully saturated rings. The van der Waals surface area contributed by atoms with Gasteiger partial charge in [0.15, 0.2) is 0 Å². The molecule has 4 nitrogen and oxygen atoms in total. The number of hydrogen-bond acceptors (Lipinski definition) is 2. The number of amides is 2. The summed E-state index contributed by atoms with van der Waals surface area (Å²) in [5, 5.41) is 3.09. The van der Waals surface area contributed by atoms with Crippen molar-refractivity contribution in [1.82, 2.24) is 5.32 Å². The Morgan fingerprint density at radius 3 is 2.56 bits per heavy atom. The van der Waals surface area contributed by atoms with Crippen LogP contribution in [0.1, 0.15) is 57.6 Å². The number of carbonyl (C=O) groups excluding carboxylic acids is 2. The third kappa shape index (κ3) is 5.32. The van der Waals surface area contributed by atoms with Crippen LogP contribution in [0, 0.1) is 25.7 Å². The summed E-state index contributed by atoms with van der Waals surface area (Å²) in [5.41, 5.74) is 3.27. The maximum Gasteiger partial charge on any atom is 0.227 e. The van der Waals surface area contributed by atoms with E-state index in [0.29, 0.717) is 18.9 Å². The number of carbonyl (C=O) groups is 2. The zero-order valence-electron chi connectivity index (χ0n) is 16.3. The molecular weight excluding hydrogens is 312 g/mol. The van der Waals surface area contributed by atoms with E-state index >= 15 is 0 Å². The predicted molar refractivity (Wildman–Crippen MR) is 103 cm³/mol. The molecule has 2 atom stereocenters. The zero-order valence-corrected chi connectivity index (χ0v) is 16.3. The molecular formula is C21H32N2O2. The van der Waals surface area contributed by atoms with E-state index in [1.165, 1.54) is 12.0 Å². The second-order valence-electron chi connectivity index (χ2n) is 7.91. The number of rotatable bonds is 7. The molecule has 0 bridgehead atoms. The number of anilines is 1. The maximum atomic E-state index is 12.5. The Hall–Kier alpha value is -1.84. The van der Waals surface area contributed by atoms with Gasteiger partial charge in [-0.15, -0.1) is 0 Å². The number of nitrogens with one attached hydrogen (secondary N) is 1. The third-order valence-electron chi connectivity index (χ3n) is 5.11. The van der Waals surface area contributed by atoms with Gasteiger partial charge in [-0.2, -0.15) is 0 Å². The lowest BCUT2D eigenvalue weighted by Crippen LogP contribution is -2.38. The molecule has 0 aromatic heterocycles. The van der Waals surface area contributed by atoms with Crippen LogP contribution in [0.2, 0.25) is 0 Å². The smallest absolute Gasteiger partial charge is 0.227 e. The van der Waals surface area contributed by atoms with Crippen molar-refractivity contribution in [3.63, 3.8) is 0 Å². The van der Waals surface area contributed by atoms with Gasteiger partial charge >= 0.3 is 0 Å². The van der Waals surface area contributed by atoms with Gasteiger partial charge in [0.05, 0.1) is 5.92 Å². The van der Waals surface area contributed by atoms with E-state index in [9.17, 15) is 9.59 Å². The number of benzene rings is 1. The van der Waals surface area contributed by atoms with Crippen LogP contribution in [0.4, 0.5) is 5.69 Å². The fourth-order valence-corrected chi connectivity index (χ4v) is 3.29. The Bertz CT molecular complexity index is 624. The summed E-state index contributed by atoms with van der Waals surface area (Å²) in [6, 6.07) is 6.19. The lowest BCUT2D eigenvalue weighted by atomic mass is 10.0. The molecule has 0 radical (unpaired) electrons. The average Bonchev–Trinajstić information content (AvgIpc) is 2.91. The normalized spacial score (nSPS) is 18.7. The van der Waals surface area contributed by atoms with Gasteiger partial charge in [-0.05, 0) is 56.4 Å². The number of nitrogens with zero attached hydrogens (tertiary/aromatic N) is 1. The highest BCUT2D eigenvalue weighted by Crippen LogP contribution is 2.27. The van der Waals surface area contributed by atoms with Gasteiger partial charge in [-0.25, -0.2) is 0 Å². The van der Waals surface area contributed by atoms with Crippen LogP contribution in [0.3, 0.4) is 0 Å². The van der Waals surface area contributed by atoms with E-state index in [-0.39, 0.29) is 23.8 Å². The summed E-state index contributed by atoms with van der Waals surface area (Å²) in [4.78, 5) is 26.6. The molecule has 1 aliphatic heterocycles. The van der Waals surface area contributed by atoms with Crippen LogP contribution in [0.25, 0.3) is 0 Å². The van der Waals surface area contributed by atoms with Crippen molar-refractivity contribution in [1.29, 1.82) is 0 Å². The van der Waals surface area contributed by atoms with E-state index in [1.54, 1.807) is 4.90 Å². The summed E-state index contributed by atoms with van der Waals surface area (Å²) in [6.07, 6.45) is 3.60. The Morgan fingerprint density at radius 2 is 1.92 bits per heavy atom. The topological polar surface area (TPSA) is 49.4 Å².